The average molecular weight is 1160 g/mol. The number of carbonyl (C=O) groups excluding carboxylic acids is 2. The van der Waals surface area contributed by atoms with Gasteiger partial charge in [-0.2, -0.15) is 0 Å². The van der Waals surface area contributed by atoms with Gasteiger partial charge in [0.25, 0.3) is 7.82 Å². The van der Waals surface area contributed by atoms with Crippen LogP contribution in [0.5, 0.6) is 0 Å². The first-order chi connectivity index (χ1) is 40.0. The molecule has 0 heterocycles. The predicted molar refractivity (Wildman–Crippen MR) is 351 cm³/mol. The third-order valence-corrected chi connectivity index (χ3v) is 15.2. The molecule has 0 N–H and O–H groups in total. The van der Waals surface area contributed by atoms with Crippen LogP contribution in [0.1, 0.15) is 284 Å². The van der Waals surface area contributed by atoms with Crippen molar-refractivity contribution in [3.8, 4) is 0 Å². The highest BCUT2D eigenvalue weighted by Gasteiger charge is 2.22. The van der Waals surface area contributed by atoms with Crippen LogP contribution < -0.4 is 4.89 Å². The van der Waals surface area contributed by atoms with Gasteiger partial charge in [-0.15, -0.1) is 0 Å². The number of hydrogen-bond acceptors (Lipinski definition) is 8. The van der Waals surface area contributed by atoms with Crippen molar-refractivity contribution in [1.29, 1.82) is 0 Å². The number of hydrogen-bond donors (Lipinski definition) is 0. The van der Waals surface area contributed by atoms with Crippen LogP contribution in [-0.2, 0) is 32.7 Å². The van der Waals surface area contributed by atoms with E-state index in [1.54, 1.807) is 0 Å². The van der Waals surface area contributed by atoms with Crippen LogP contribution in [0.3, 0.4) is 0 Å². The number of ether oxygens (including phenoxy) is 2. The van der Waals surface area contributed by atoms with Crippen molar-refractivity contribution in [2.45, 2.75) is 290 Å². The molecule has 2 atom stereocenters. The van der Waals surface area contributed by atoms with E-state index in [2.05, 4.69) is 123 Å². The first kappa shape index (κ1) is 78.7. The highest BCUT2D eigenvalue weighted by atomic mass is 31.2. The van der Waals surface area contributed by atoms with Crippen LogP contribution in [0, 0.1) is 0 Å². The van der Waals surface area contributed by atoms with Gasteiger partial charge >= 0.3 is 11.9 Å². The van der Waals surface area contributed by atoms with Gasteiger partial charge in [0.15, 0.2) is 6.10 Å². The summed E-state index contributed by atoms with van der Waals surface area (Å²) in [7, 11) is 1.13. The molecule has 0 saturated heterocycles. The van der Waals surface area contributed by atoms with E-state index in [0.717, 1.165) is 83.5 Å². The number of quaternary nitrogens is 1. The summed E-state index contributed by atoms with van der Waals surface area (Å²) in [6.45, 7) is 4.09. The lowest BCUT2D eigenvalue weighted by Crippen LogP contribution is -2.37. The highest BCUT2D eigenvalue weighted by molar-refractivity contribution is 7.45. The van der Waals surface area contributed by atoms with Crippen LogP contribution in [0.15, 0.2) is 109 Å². The largest absolute Gasteiger partial charge is 0.756 e. The van der Waals surface area contributed by atoms with Gasteiger partial charge in [0.05, 0.1) is 27.7 Å². The number of phosphoric acid groups is 1. The maximum Gasteiger partial charge on any atom is 0.306 e. The van der Waals surface area contributed by atoms with Crippen molar-refractivity contribution in [2.24, 2.45) is 0 Å². The van der Waals surface area contributed by atoms with E-state index >= 15 is 0 Å². The molecular weight excluding hydrogens is 1040 g/mol. The third-order valence-electron chi connectivity index (χ3n) is 14.3. The molecule has 10 heteroatoms. The molecule has 0 aromatic heterocycles. The normalized spacial score (nSPS) is 13.9. The van der Waals surface area contributed by atoms with Crippen LogP contribution in [0.25, 0.3) is 0 Å². The molecule has 0 amide bonds. The molecule has 2 unspecified atom stereocenters. The first-order valence-electron chi connectivity index (χ1n) is 33.6. The number of allylic oxidation sites excluding steroid dienone is 18. The van der Waals surface area contributed by atoms with Gasteiger partial charge in [0, 0.05) is 12.8 Å². The van der Waals surface area contributed by atoms with Crippen molar-refractivity contribution < 1.29 is 42.1 Å². The molecule has 82 heavy (non-hydrogen) atoms. The number of likely N-dealkylation sites (N-methyl/N-ethyl adjacent to an activating group) is 1. The summed E-state index contributed by atoms with van der Waals surface area (Å²) < 4.78 is 34.2. The van der Waals surface area contributed by atoms with Crippen LogP contribution >= 0.6 is 7.82 Å². The molecule has 0 fully saturated rings. The van der Waals surface area contributed by atoms with Crippen LogP contribution in [0.2, 0.25) is 0 Å². The number of carbonyl (C=O) groups is 2. The SMILES string of the molecule is CC/C=C\C/C=C\C/C=C\C/C=C\C/C=C\C/C=C\C/C=C\C/C=C\CCCCC(=O)OC(COC(=O)CCCCCCCCCCCCCCCCCCCCC/C=C\CCCCCCCCCC)COP(=O)([O-])OCC[N+](C)(C)C. The molecule has 0 aromatic rings. The average Bonchev–Trinajstić information content (AvgIpc) is 3.46. The standard InChI is InChI=1S/C72H126NO8P/c1-6-8-10-12-14-16-18-20-22-24-26-28-30-32-34-35-36-37-39-40-42-44-46-48-50-52-54-56-58-60-62-64-71(74)78-68-70(69-80-82(76,77)79-67-66-73(3,4)5)81-72(75)65-63-61-59-57-55-53-51-49-47-45-43-41-38-33-31-29-27-25-23-21-19-17-15-13-11-9-7-2/h9,11,15,17,21,23-24,26-27,29,33,38,43,45,49,51,55,57,70H,6-8,10,12-14,16,18-20,22,25,28,30-32,34-37,39-42,44,46-48,50,52-54,56,58-69H2,1-5H3/b11-9-,17-15-,23-21-,26-24-,29-27-,38-33-,45-43-,51-49-,57-55-. The number of esters is 2. The van der Waals surface area contributed by atoms with Gasteiger partial charge in [0.2, 0.25) is 0 Å². The summed E-state index contributed by atoms with van der Waals surface area (Å²) in [6, 6.07) is 0. The maximum atomic E-state index is 12.8. The quantitative estimate of drug-likeness (QED) is 0.0195. The Balaban J connectivity index is 4.15. The minimum atomic E-state index is -4.66. The molecule has 0 aliphatic heterocycles. The Morgan fingerprint density at radius 1 is 0.390 bits per heavy atom. The second-order valence-corrected chi connectivity index (χ2v) is 24.9. The van der Waals surface area contributed by atoms with Crippen molar-refractivity contribution in [3.63, 3.8) is 0 Å². The van der Waals surface area contributed by atoms with Crippen LogP contribution in [-0.4, -0.2) is 70.0 Å². The lowest BCUT2D eigenvalue weighted by Gasteiger charge is -2.28. The van der Waals surface area contributed by atoms with Gasteiger partial charge in [0.1, 0.15) is 19.8 Å². The minimum absolute atomic E-state index is 0.0442. The third kappa shape index (κ3) is 65.8. The fraction of sp³-hybridized carbons (Fsp3) is 0.722. The zero-order valence-electron chi connectivity index (χ0n) is 53.7. The monoisotopic (exact) mass is 1160 g/mol. The second-order valence-electron chi connectivity index (χ2n) is 23.5. The minimum Gasteiger partial charge on any atom is -0.756 e. The second kappa shape index (κ2) is 62.2. The number of nitrogens with zero attached hydrogens (tertiary/aromatic N) is 1. The van der Waals surface area contributed by atoms with E-state index in [9.17, 15) is 19.0 Å². The van der Waals surface area contributed by atoms with E-state index in [4.69, 9.17) is 18.5 Å². The summed E-state index contributed by atoms with van der Waals surface area (Å²) in [6.07, 6.45) is 87.4. The van der Waals surface area contributed by atoms with Crippen molar-refractivity contribution in [1.82, 2.24) is 0 Å². The molecule has 0 radical (unpaired) electrons. The molecule has 0 saturated carbocycles. The van der Waals surface area contributed by atoms with E-state index in [1.165, 1.54) is 167 Å². The summed E-state index contributed by atoms with van der Waals surface area (Å²) in [5, 5.41) is 0. The molecule has 0 aliphatic carbocycles. The highest BCUT2D eigenvalue weighted by Crippen LogP contribution is 2.38. The van der Waals surface area contributed by atoms with E-state index in [0.29, 0.717) is 17.4 Å². The fourth-order valence-electron chi connectivity index (χ4n) is 9.14. The molecule has 0 bridgehead atoms. The Hall–Kier alpha value is -3.33. The van der Waals surface area contributed by atoms with Gasteiger partial charge in [-0.05, 0) is 103 Å². The molecule has 0 aliphatic rings. The molecule has 472 valence electrons. The Kier molecular flexibility index (Phi) is 59.7. The number of rotatable bonds is 61. The summed E-state index contributed by atoms with van der Waals surface area (Å²) in [4.78, 5) is 38.0. The smallest absolute Gasteiger partial charge is 0.306 e. The molecule has 0 aromatic carbocycles. The topological polar surface area (TPSA) is 111 Å². The van der Waals surface area contributed by atoms with Crippen LogP contribution in [0.4, 0.5) is 0 Å². The van der Waals surface area contributed by atoms with E-state index in [1.807, 2.05) is 21.1 Å². The van der Waals surface area contributed by atoms with Gasteiger partial charge in [-0.3, -0.25) is 14.2 Å². The lowest BCUT2D eigenvalue weighted by molar-refractivity contribution is -0.870. The first-order valence-corrected chi connectivity index (χ1v) is 35.1. The number of unbranched alkanes of at least 4 members (excludes halogenated alkanes) is 29. The lowest BCUT2D eigenvalue weighted by atomic mass is 10.0. The van der Waals surface area contributed by atoms with Crippen molar-refractivity contribution in [3.05, 3.63) is 109 Å². The fourth-order valence-corrected chi connectivity index (χ4v) is 9.87. The molecule has 0 rings (SSSR count). The Labute approximate surface area is 506 Å². The molecule has 9 nitrogen and oxygen atoms in total. The molecular formula is C72H126NO8P. The summed E-state index contributed by atoms with van der Waals surface area (Å²) >= 11 is 0. The zero-order chi connectivity index (χ0) is 59.8. The van der Waals surface area contributed by atoms with Crippen molar-refractivity contribution in [2.75, 3.05) is 47.5 Å². The Bertz CT molecular complexity index is 1750. The zero-order valence-corrected chi connectivity index (χ0v) is 54.6. The maximum absolute atomic E-state index is 12.8. The molecule has 0 spiro atoms. The van der Waals surface area contributed by atoms with E-state index < -0.39 is 32.5 Å². The van der Waals surface area contributed by atoms with Gasteiger partial charge < -0.3 is 27.9 Å². The Morgan fingerprint density at radius 3 is 1.07 bits per heavy atom. The predicted octanol–water partition coefficient (Wildman–Crippen LogP) is 21.1. The number of phosphoric ester groups is 1. The van der Waals surface area contributed by atoms with Gasteiger partial charge in [-0.1, -0.05) is 277 Å². The van der Waals surface area contributed by atoms with Gasteiger partial charge in [-0.25, -0.2) is 0 Å². The summed E-state index contributed by atoms with van der Waals surface area (Å²) in [5.74, 6) is -0.883. The van der Waals surface area contributed by atoms with E-state index in [-0.39, 0.29) is 26.1 Å². The Morgan fingerprint density at radius 2 is 0.695 bits per heavy atom. The summed E-state index contributed by atoms with van der Waals surface area (Å²) in [5.41, 5.74) is 0. The van der Waals surface area contributed by atoms with Crippen molar-refractivity contribution >= 4 is 19.8 Å².